The molecule has 22 heavy (non-hydrogen) atoms. The van der Waals surface area contributed by atoms with E-state index in [1.807, 2.05) is 0 Å². The minimum absolute atomic E-state index is 0.108. The van der Waals surface area contributed by atoms with E-state index in [-0.39, 0.29) is 17.8 Å². The zero-order chi connectivity index (χ0) is 16.8. The summed E-state index contributed by atoms with van der Waals surface area (Å²) in [6.07, 6.45) is -1.80. The van der Waals surface area contributed by atoms with Gasteiger partial charge < -0.3 is 35.3 Å². The van der Waals surface area contributed by atoms with Crippen LogP contribution in [0.4, 0.5) is 17.8 Å². The molecule has 0 atom stereocenters. The first-order chi connectivity index (χ1) is 10.5. The molecule has 0 fully saturated rings. The van der Waals surface area contributed by atoms with Crippen molar-refractivity contribution in [2.24, 2.45) is 0 Å². The molecule has 0 spiro atoms. The van der Waals surface area contributed by atoms with Crippen molar-refractivity contribution < 1.29 is 29.5 Å². The molecule has 0 saturated carbocycles. The van der Waals surface area contributed by atoms with Crippen LogP contribution in [0.25, 0.3) is 0 Å². The number of nitrogens with two attached hydrogens (primary N) is 1. The molecule has 5 N–H and O–H groups in total. The summed E-state index contributed by atoms with van der Waals surface area (Å²) in [5.41, 5.74) is 5.58. The van der Waals surface area contributed by atoms with Gasteiger partial charge in [-0.1, -0.05) is 0 Å². The van der Waals surface area contributed by atoms with E-state index < -0.39 is 26.3 Å². The molecule has 0 aromatic carbocycles. The van der Waals surface area contributed by atoms with Gasteiger partial charge in [0.15, 0.2) is 0 Å². The Balaban J connectivity index is 3.33. The maximum atomic E-state index is 9.58. The average Bonchev–Trinajstić information content (AvgIpc) is 2.53. The highest BCUT2D eigenvalue weighted by Gasteiger charge is 2.40. The van der Waals surface area contributed by atoms with Crippen molar-refractivity contribution in [1.82, 2.24) is 15.0 Å². The van der Waals surface area contributed by atoms with Gasteiger partial charge in [0.1, 0.15) is 20.2 Å². The van der Waals surface area contributed by atoms with E-state index in [0.29, 0.717) is 0 Å². The lowest BCUT2D eigenvalue weighted by molar-refractivity contribution is -0.354. The van der Waals surface area contributed by atoms with Crippen molar-refractivity contribution in [1.29, 1.82) is 0 Å². The Bertz CT molecular complexity index is 461. The number of hydrogen-bond acceptors (Lipinski definition) is 12. The second kappa shape index (κ2) is 7.98. The molecule has 0 radical (unpaired) electrons. The summed E-state index contributed by atoms with van der Waals surface area (Å²) in [5.74, 6) is -0.465. The predicted octanol–water partition coefficient (Wildman–Crippen LogP) is -2.53. The van der Waals surface area contributed by atoms with Crippen LogP contribution in [0.15, 0.2) is 0 Å². The second-order valence-corrected chi connectivity index (χ2v) is 3.82. The summed E-state index contributed by atoms with van der Waals surface area (Å²) in [7, 11) is 3.86. The molecular weight excluding hydrogens is 300 g/mol. The van der Waals surface area contributed by atoms with E-state index in [0.717, 1.165) is 9.80 Å². The van der Waals surface area contributed by atoms with Crippen LogP contribution < -0.4 is 15.5 Å². The molecule has 0 aliphatic heterocycles. The van der Waals surface area contributed by atoms with Gasteiger partial charge in [-0.3, -0.25) is 4.90 Å². The van der Waals surface area contributed by atoms with Crippen molar-refractivity contribution in [3.8, 4) is 0 Å². The molecule has 1 aromatic heterocycles. The van der Waals surface area contributed by atoms with Gasteiger partial charge in [-0.05, 0) is 0 Å². The number of nitrogens with zero attached hydrogens (tertiary/aromatic N) is 5. The molecule has 0 aliphatic rings. The summed E-state index contributed by atoms with van der Waals surface area (Å²) in [6, 6.07) is 0. The van der Waals surface area contributed by atoms with Crippen LogP contribution in [0, 0.1) is 0 Å². The number of ether oxygens (including phenoxy) is 3. The fraction of sp³-hybridized carbons (Fsp3) is 0.700. The van der Waals surface area contributed by atoms with Crippen LogP contribution in [0.3, 0.4) is 0 Å². The monoisotopic (exact) mass is 320 g/mol. The Hall–Kier alpha value is -1.83. The third-order valence-corrected chi connectivity index (χ3v) is 2.74. The Morgan fingerprint density at radius 3 is 1.82 bits per heavy atom. The summed E-state index contributed by atoms with van der Waals surface area (Å²) >= 11 is 0. The third-order valence-electron chi connectivity index (χ3n) is 2.74. The predicted molar refractivity (Wildman–Crippen MR) is 74.2 cm³/mol. The number of anilines is 3. The standard InChI is InChI=1S/C10H20N6O6/c1-20-10(21-2,22-3)16(6-19)9-13-7(11)12-8(14-9)15(4-17)5-18/h17-19H,4-6H2,1-3H3,(H2,11,12,13,14). The minimum atomic E-state index is -1.80. The number of hydrogen-bond donors (Lipinski definition) is 4. The first kappa shape index (κ1) is 18.2. The quantitative estimate of drug-likeness (QED) is 0.354. The average molecular weight is 320 g/mol. The van der Waals surface area contributed by atoms with Crippen molar-refractivity contribution in [3.63, 3.8) is 0 Å². The maximum absolute atomic E-state index is 9.58. The largest absolute Gasteiger partial charge is 0.380 e. The number of aromatic nitrogens is 3. The fourth-order valence-corrected chi connectivity index (χ4v) is 1.66. The molecule has 0 saturated heterocycles. The van der Waals surface area contributed by atoms with E-state index >= 15 is 0 Å². The van der Waals surface area contributed by atoms with Crippen molar-refractivity contribution in [2.45, 2.75) is 6.10 Å². The Morgan fingerprint density at radius 1 is 0.909 bits per heavy atom. The summed E-state index contributed by atoms with van der Waals surface area (Å²) in [5, 5.41) is 27.9. The van der Waals surface area contributed by atoms with E-state index in [1.165, 1.54) is 21.3 Å². The zero-order valence-corrected chi connectivity index (χ0v) is 12.5. The van der Waals surface area contributed by atoms with Gasteiger partial charge in [-0.25, -0.2) is 4.90 Å². The van der Waals surface area contributed by atoms with E-state index in [2.05, 4.69) is 15.0 Å². The molecular formula is C10H20N6O6. The molecule has 1 aromatic rings. The highest BCUT2D eigenvalue weighted by Crippen LogP contribution is 2.24. The molecule has 1 rings (SSSR count). The van der Waals surface area contributed by atoms with Gasteiger partial charge in [0.2, 0.25) is 17.8 Å². The lowest BCUT2D eigenvalue weighted by atomic mass is 10.6. The SMILES string of the molecule is COC(OC)(OC)N(CO)c1nc(N)nc(N(CO)CO)n1. The van der Waals surface area contributed by atoms with Crippen LogP contribution in [0.5, 0.6) is 0 Å². The summed E-state index contributed by atoms with van der Waals surface area (Å²) in [6.45, 7) is -1.75. The lowest BCUT2D eigenvalue weighted by Crippen LogP contribution is -2.55. The van der Waals surface area contributed by atoms with E-state index in [4.69, 9.17) is 30.2 Å². The first-order valence-electron chi connectivity index (χ1n) is 6.04. The number of aliphatic hydroxyl groups excluding tert-OH is 3. The van der Waals surface area contributed by atoms with E-state index in [1.54, 1.807) is 0 Å². The van der Waals surface area contributed by atoms with Crippen molar-refractivity contribution >= 4 is 17.8 Å². The van der Waals surface area contributed by atoms with Gasteiger partial charge in [0.25, 0.3) is 0 Å². The normalized spacial score (nSPS) is 11.5. The molecule has 12 nitrogen and oxygen atoms in total. The first-order valence-corrected chi connectivity index (χ1v) is 6.04. The lowest BCUT2D eigenvalue weighted by Gasteiger charge is -2.37. The van der Waals surface area contributed by atoms with Gasteiger partial charge in [0.05, 0.1) is 0 Å². The molecule has 1 heterocycles. The van der Waals surface area contributed by atoms with Crippen molar-refractivity contribution in [2.75, 3.05) is 57.1 Å². The van der Waals surface area contributed by atoms with E-state index in [9.17, 15) is 5.11 Å². The van der Waals surface area contributed by atoms with Gasteiger partial charge in [0, 0.05) is 21.3 Å². The summed E-state index contributed by atoms with van der Waals surface area (Å²) < 4.78 is 15.3. The molecule has 0 bridgehead atoms. The fourth-order valence-electron chi connectivity index (χ4n) is 1.66. The second-order valence-electron chi connectivity index (χ2n) is 3.82. The van der Waals surface area contributed by atoms with Gasteiger partial charge >= 0.3 is 6.10 Å². The smallest absolute Gasteiger partial charge is 0.376 e. The van der Waals surface area contributed by atoms with Crippen LogP contribution >= 0.6 is 0 Å². The molecule has 0 aliphatic carbocycles. The molecule has 126 valence electrons. The highest BCUT2D eigenvalue weighted by atomic mass is 16.9. The Morgan fingerprint density at radius 2 is 1.41 bits per heavy atom. The molecule has 0 unspecified atom stereocenters. The Kier molecular flexibility index (Phi) is 6.61. The minimum Gasteiger partial charge on any atom is -0.376 e. The number of rotatable bonds is 9. The highest BCUT2D eigenvalue weighted by molar-refractivity contribution is 5.43. The van der Waals surface area contributed by atoms with Crippen LogP contribution in [0.2, 0.25) is 0 Å². The zero-order valence-electron chi connectivity index (χ0n) is 12.5. The Labute approximate surface area is 126 Å². The van der Waals surface area contributed by atoms with Gasteiger partial charge in [-0.15, -0.1) is 0 Å². The van der Waals surface area contributed by atoms with Crippen LogP contribution in [-0.4, -0.2) is 77.9 Å². The maximum Gasteiger partial charge on any atom is 0.380 e. The topological polar surface area (TPSA) is 160 Å². The number of methoxy groups -OCH3 is 3. The van der Waals surface area contributed by atoms with Gasteiger partial charge in [-0.2, -0.15) is 15.0 Å². The van der Waals surface area contributed by atoms with Crippen LogP contribution in [0.1, 0.15) is 0 Å². The third kappa shape index (κ3) is 3.49. The van der Waals surface area contributed by atoms with Crippen LogP contribution in [-0.2, 0) is 14.2 Å². The van der Waals surface area contributed by atoms with Crippen molar-refractivity contribution in [3.05, 3.63) is 0 Å². The molecule has 0 amide bonds. The molecule has 12 heteroatoms. The number of nitrogen functional groups attached to an aromatic ring is 1. The summed E-state index contributed by atoms with van der Waals surface area (Å²) in [4.78, 5) is 13.6. The number of aliphatic hydroxyl groups is 3.